The lowest BCUT2D eigenvalue weighted by Gasteiger charge is -2.09. The van der Waals surface area contributed by atoms with Crippen LogP contribution in [0.4, 0.5) is 24.8 Å². The number of halogens is 3. The van der Waals surface area contributed by atoms with Gasteiger partial charge in [-0.1, -0.05) is 6.07 Å². The van der Waals surface area contributed by atoms with Crippen LogP contribution < -0.4 is 16.4 Å². The number of aliphatic imine (C=N–C) groups is 1. The van der Waals surface area contributed by atoms with Crippen molar-refractivity contribution in [2.45, 2.75) is 20.0 Å². The van der Waals surface area contributed by atoms with Crippen LogP contribution in [-0.4, -0.2) is 29.0 Å². The molecule has 0 amide bonds. The fraction of sp³-hybridized carbons (Fsp3) is 0.312. The van der Waals surface area contributed by atoms with E-state index in [2.05, 4.69) is 25.6 Å². The summed E-state index contributed by atoms with van der Waals surface area (Å²) in [6.07, 6.45) is -3.45. The minimum atomic E-state index is -4.50. The Morgan fingerprint density at radius 1 is 1.20 bits per heavy atom. The molecular formula is C16H19F3N6. The van der Waals surface area contributed by atoms with E-state index >= 15 is 0 Å². The first kappa shape index (κ1) is 18.5. The molecule has 4 N–H and O–H groups in total. The Labute approximate surface area is 143 Å². The van der Waals surface area contributed by atoms with Crippen molar-refractivity contribution in [2.75, 3.05) is 23.7 Å². The van der Waals surface area contributed by atoms with Crippen LogP contribution in [0, 0.1) is 13.8 Å². The van der Waals surface area contributed by atoms with Crippen LogP contribution in [-0.2, 0) is 6.18 Å². The summed E-state index contributed by atoms with van der Waals surface area (Å²) in [5.41, 5.74) is 7.82. The van der Waals surface area contributed by atoms with Crippen LogP contribution in [0.25, 0.3) is 0 Å². The number of nitrogens with one attached hydrogen (secondary N) is 2. The van der Waals surface area contributed by atoms with Crippen molar-refractivity contribution >= 4 is 17.6 Å². The number of hydrogen-bond acceptors (Lipinski definition) is 4. The highest BCUT2D eigenvalue weighted by Gasteiger charge is 2.32. The first-order chi connectivity index (χ1) is 11.7. The third-order valence-corrected chi connectivity index (χ3v) is 3.12. The molecule has 0 radical (unpaired) electrons. The second-order valence-electron chi connectivity index (χ2n) is 5.46. The molecule has 134 valence electrons. The quantitative estimate of drug-likeness (QED) is 0.437. The molecule has 0 saturated carbocycles. The van der Waals surface area contributed by atoms with Gasteiger partial charge in [-0.3, -0.25) is 4.99 Å². The van der Waals surface area contributed by atoms with Gasteiger partial charge in [-0.15, -0.1) is 0 Å². The largest absolute Gasteiger partial charge is 0.433 e. The third kappa shape index (κ3) is 5.94. The summed E-state index contributed by atoms with van der Waals surface area (Å²) >= 11 is 0. The maximum Gasteiger partial charge on any atom is 0.433 e. The van der Waals surface area contributed by atoms with Crippen molar-refractivity contribution in [3.63, 3.8) is 0 Å². The lowest BCUT2D eigenvalue weighted by molar-refractivity contribution is -0.141. The molecule has 2 aromatic rings. The van der Waals surface area contributed by atoms with E-state index in [0.717, 1.165) is 29.1 Å². The van der Waals surface area contributed by atoms with Gasteiger partial charge in [0.15, 0.2) is 5.96 Å². The van der Waals surface area contributed by atoms with Gasteiger partial charge in [-0.2, -0.15) is 13.2 Å². The van der Waals surface area contributed by atoms with Crippen molar-refractivity contribution in [3.05, 3.63) is 47.3 Å². The highest BCUT2D eigenvalue weighted by Crippen LogP contribution is 2.27. The van der Waals surface area contributed by atoms with E-state index in [1.54, 1.807) is 0 Å². The molecule has 1 aromatic heterocycles. The summed E-state index contributed by atoms with van der Waals surface area (Å²) in [5, 5.41) is 5.65. The molecule has 0 atom stereocenters. The van der Waals surface area contributed by atoms with E-state index in [1.165, 1.54) is 0 Å². The number of aryl methyl sites for hydroxylation is 2. The Morgan fingerprint density at radius 3 is 2.52 bits per heavy atom. The molecule has 0 aliphatic heterocycles. The topological polar surface area (TPSA) is 88.2 Å². The Hall–Kier alpha value is -2.84. The predicted molar refractivity (Wildman–Crippen MR) is 91.6 cm³/mol. The molecule has 0 aliphatic carbocycles. The number of anilines is 2. The standard InChI is InChI=1S/C16H19F3N6/c1-10-7-11(2)9-12(8-10)24-14(20)21-5-6-23-15-22-4-3-13(25-15)16(17,18)19/h3-4,7-9H,5-6H2,1-2H3,(H3,20,21,24)(H,22,23,25). The smallest absolute Gasteiger partial charge is 0.370 e. The number of guanidine groups is 1. The number of hydrogen-bond donors (Lipinski definition) is 3. The van der Waals surface area contributed by atoms with E-state index in [9.17, 15) is 13.2 Å². The minimum Gasteiger partial charge on any atom is -0.370 e. The molecule has 0 spiro atoms. The number of rotatable bonds is 5. The minimum absolute atomic E-state index is 0.106. The first-order valence-corrected chi connectivity index (χ1v) is 7.53. The highest BCUT2D eigenvalue weighted by atomic mass is 19.4. The Balaban J connectivity index is 1.86. The fourth-order valence-electron chi connectivity index (χ4n) is 2.18. The molecule has 1 heterocycles. The summed E-state index contributed by atoms with van der Waals surface area (Å²) in [6.45, 7) is 4.45. The van der Waals surface area contributed by atoms with Crippen molar-refractivity contribution in [3.8, 4) is 0 Å². The normalized spacial score (nSPS) is 12.1. The number of nitrogens with zero attached hydrogens (tertiary/aromatic N) is 3. The highest BCUT2D eigenvalue weighted by molar-refractivity contribution is 5.92. The van der Waals surface area contributed by atoms with Crippen LogP contribution in [0.1, 0.15) is 16.8 Å². The number of nitrogens with two attached hydrogens (primary N) is 1. The maximum absolute atomic E-state index is 12.6. The molecule has 9 heteroatoms. The van der Waals surface area contributed by atoms with Gasteiger partial charge < -0.3 is 16.4 Å². The summed E-state index contributed by atoms with van der Waals surface area (Å²) in [7, 11) is 0. The molecule has 25 heavy (non-hydrogen) atoms. The van der Waals surface area contributed by atoms with Gasteiger partial charge in [0.1, 0.15) is 5.69 Å². The van der Waals surface area contributed by atoms with Gasteiger partial charge in [-0.25, -0.2) is 9.97 Å². The van der Waals surface area contributed by atoms with Crippen molar-refractivity contribution in [1.29, 1.82) is 0 Å². The molecule has 0 fully saturated rings. The van der Waals surface area contributed by atoms with Gasteiger partial charge >= 0.3 is 6.18 Å². The van der Waals surface area contributed by atoms with E-state index in [1.807, 2.05) is 32.0 Å². The fourth-order valence-corrected chi connectivity index (χ4v) is 2.18. The summed E-state index contributed by atoms with van der Waals surface area (Å²) in [4.78, 5) is 11.3. The van der Waals surface area contributed by atoms with Gasteiger partial charge in [0, 0.05) is 18.4 Å². The molecule has 0 saturated heterocycles. The molecular weight excluding hydrogens is 333 g/mol. The molecule has 1 aromatic carbocycles. The Kier molecular flexibility index (Phi) is 5.79. The molecule has 0 bridgehead atoms. The molecule has 0 aliphatic rings. The Bertz CT molecular complexity index is 738. The van der Waals surface area contributed by atoms with E-state index in [0.29, 0.717) is 0 Å². The Morgan fingerprint density at radius 2 is 1.88 bits per heavy atom. The zero-order valence-electron chi connectivity index (χ0n) is 13.9. The van der Waals surface area contributed by atoms with Gasteiger partial charge in [0.05, 0.1) is 6.54 Å². The van der Waals surface area contributed by atoms with Crippen molar-refractivity contribution in [1.82, 2.24) is 9.97 Å². The summed E-state index contributed by atoms with van der Waals surface area (Å²) in [5.74, 6) is 0.114. The van der Waals surface area contributed by atoms with Crippen LogP contribution >= 0.6 is 0 Å². The lowest BCUT2D eigenvalue weighted by atomic mass is 10.1. The zero-order valence-corrected chi connectivity index (χ0v) is 13.9. The molecule has 0 unspecified atom stereocenters. The van der Waals surface area contributed by atoms with Gasteiger partial charge in [-0.05, 0) is 43.2 Å². The van der Waals surface area contributed by atoms with Crippen molar-refractivity contribution < 1.29 is 13.2 Å². The second kappa shape index (κ2) is 7.82. The van der Waals surface area contributed by atoms with Crippen LogP contribution in [0.5, 0.6) is 0 Å². The maximum atomic E-state index is 12.6. The summed E-state index contributed by atoms with van der Waals surface area (Å²) in [6, 6.07) is 6.72. The number of benzene rings is 1. The monoisotopic (exact) mass is 352 g/mol. The third-order valence-electron chi connectivity index (χ3n) is 3.12. The average Bonchev–Trinajstić information content (AvgIpc) is 2.50. The molecule has 2 rings (SSSR count). The first-order valence-electron chi connectivity index (χ1n) is 7.53. The van der Waals surface area contributed by atoms with Gasteiger partial charge in [0.2, 0.25) is 5.95 Å². The number of alkyl halides is 3. The van der Waals surface area contributed by atoms with Crippen LogP contribution in [0.3, 0.4) is 0 Å². The zero-order chi connectivity index (χ0) is 18.4. The van der Waals surface area contributed by atoms with Gasteiger partial charge in [0.25, 0.3) is 0 Å². The van der Waals surface area contributed by atoms with Crippen LogP contribution in [0.15, 0.2) is 35.5 Å². The molecule has 6 nitrogen and oxygen atoms in total. The van der Waals surface area contributed by atoms with E-state index in [-0.39, 0.29) is 25.0 Å². The second-order valence-corrected chi connectivity index (χ2v) is 5.46. The lowest BCUT2D eigenvalue weighted by Crippen LogP contribution is -2.24. The average molecular weight is 352 g/mol. The summed E-state index contributed by atoms with van der Waals surface area (Å²) < 4.78 is 37.7. The van der Waals surface area contributed by atoms with E-state index < -0.39 is 11.9 Å². The predicted octanol–water partition coefficient (Wildman–Crippen LogP) is 2.95. The van der Waals surface area contributed by atoms with Crippen molar-refractivity contribution in [2.24, 2.45) is 10.7 Å². The number of aromatic nitrogens is 2. The van der Waals surface area contributed by atoms with Crippen LogP contribution in [0.2, 0.25) is 0 Å². The SMILES string of the molecule is Cc1cc(C)cc(NC(N)=NCCNc2nccc(C(F)(F)F)n2)c1. The van der Waals surface area contributed by atoms with E-state index in [4.69, 9.17) is 5.73 Å².